The zero-order chi connectivity index (χ0) is 28.5. The van der Waals surface area contributed by atoms with Gasteiger partial charge >= 0.3 is 5.97 Å². The fourth-order valence-electron chi connectivity index (χ4n) is 5.87. The van der Waals surface area contributed by atoms with Crippen molar-refractivity contribution < 1.29 is 19.1 Å². The molecule has 41 heavy (non-hydrogen) atoms. The van der Waals surface area contributed by atoms with E-state index in [4.69, 9.17) is 4.74 Å². The average molecular weight is 551 g/mol. The van der Waals surface area contributed by atoms with Gasteiger partial charge in [0, 0.05) is 24.3 Å². The van der Waals surface area contributed by atoms with Crippen molar-refractivity contribution >= 4 is 40.4 Å². The highest BCUT2D eigenvalue weighted by Crippen LogP contribution is 2.39. The molecule has 2 amide bonds. The van der Waals surface area contributed by atoms with Crippen molar-refractivity contribution in [2.45, 2.75) is 39.3 Å². The molecule has 2 N–H and O–H groups in total. The SMILES string of the molecule is COC(=O)c1ccc2c(c1)NC(=O)/C2=C(\Nc1ccc2c(c1)CN(C(=O)CN1CCCCC1)C2)c1ccc(C)cc1. The molecule has 3 aliphatic heterocycles. The molecule has 0 radical (unpaired) electrons. The number of amides is 2. The maximum atomic E-state index is 13.3. The zero-order valence-electron chi connectivity index (χ0n) is 23.5. The summed E-state index contributed by atoms with van der Waals surface area (Å²) in [5.74, 6) is -0.538. The summed E-state index contributed by atoms with van der Waals surface area (Å²) in [4.78, 5) is 42.7. The lowest BCUT2D eigenvalue weighted by atomic mass is 9.98. The zero-order valence-corrected chi connectivity index (χ0v) is 23.5. The Balaban J connectivity index is 1.30. The number of carbonyl (C=O) groups is 3. The lowest BCUT2D eigenvalue weighted by molar-refractivity contribution is -0.133. The van der Waals surface area contributed by atoms with Crippen molar-refractivity contribution in [3.05, 3.63) is 94.0 Å². The molecule has 0 atom stereocenters. The van der Waals surface area contributed by atoms with Gasteiger partial charge in [-0.05, 0) is 73.8 Å². The quantitative estimate of drug-likeness (QED) is 0.330. The van der Waals surface area contributed by atoms with Crippen LogP contribution in [0, 0.1) is 6.92 Å². The Hall–Kier alpha value is -4.43. The van der Waals surface area contributed by atoms with Gasteiger partial charge in [0.25, 0.3) is 5.91 Å². The Labute approximate surface area is 240 Å². The summed E-state index contributed by atoms with van der Waals surface area (Å²) in [5, 5.41) is 6.45. The van der Waals surface area contributed by atoms with Gasteiger partial charge in [-0.3, -0.25) is 14.5 Å². The standard InChI is InChI=1S/C33H34N4O4/c1-21-6-8-22(9-7-21)31(30-27-13-11-23(33(40)41-2)17-28(27)35-32(30)39)34-26-12-10-24-18-37(19-25(24)16-26)29(38)20-36-14-4-3-5-15-36/h6-13,16-17,34H,3-5,14-15,18-20H2,1-2H3,(H,35,39)/b31-30-. The van der Waals surface area contributed by atoms with Crippen LogP contribution in [0.1, 0.15) is 57.4 Å². The summed E-state index contributed by atoms with van der Waals surface area (Å²) in [6.45, 7) is 5.69. The number of fused-ring (bicyclic) bond motifs is 2. The van der Waals surface area contributed by atoms with Crippen LogP contribution in [-0.2, 0) is 27.4 Å². The Kier molecular flexibility index (Phi) is 7.32. The molecule has 0 saturated carbocycles. The molecular formula is C33H34N4O4. The number of benzene rings is 3. The minimum atomic E-state index is -0.460. The summed E-state index contributed by atoms with van der Waals surface area (Å²) in [7, 11) is 1.33. The van der Waals surface area contributed by atoms with Crippen LogP contribution in [0.25, 0.3) is 11.3 Å². The highest BCUT2D eigenvalue weighted by molar-refractivity contribution is 6.37. The van der Waals surface area contributed by atoms with E-state index in [2.05, 4.69) is 27.7 Å². The van der Waals surface area contributed by atoms with Crippen molar-refractivity contribution in [1.29, 1.82) is 0 Å². The molecule has 6 rings (SSSR count). The van der Waals surface area contributed by atoms with E-state index < -0.39 is 5.97 Å². The number of piperidine rings is 1. The Morgan fingerprint density at radius 1 is 0.902 bits per heavy atom. The highest BCUT2D eigenvalue weighted by Gasteiger charge is 2.30. The van der Waals surface area contributed by atoms with E-state index in [-0.39, 0.29) is 11.8 Å². The van der Waals surface area contributed by atoms with Crippen LogP contribution in [0.2, 0.25) is 0 Å². The minimum absolute atomic E-state index is 0.172. The Morgan fingerprint density at radius 2 is 1.63 bits per heavy atom. The molecule has 3 heterocycles. The smallest absolute Gasteiger partial charge is 0.337 e. The van der Waals surface area contributed by atoms with Gasteiger partial charge in [0.1, 0.15) is 0 Å². The number of anilines is 2. The highest BCUT2D eigenvalue weighted by atomic mass is 16.5. The average Bonchev–Trinajstić information content (AvgIpc) is 3.56. The first kappa shape index (κ1) is 26.8. The van der Waals surface area contributed by atoms with Gasteiger partial charge < -0.3 is 20.3 Å². The number of aryl methyl sites for hydroxylation is 1. The number of nitrogens with one attached hydrogen (secondary N) is 2. The first-order valence-corrected chi connectivity index (χ1v) is 14.1. The van der Waals surface area contributed by atoms with Gasteiger partial charge in [-0.1, -0.05) is 48.4 Å². The van der Waals surface area contributed by atoms with Crippen LogP contribution < -0.4 is 10.6 Å². The molecule has 3 aromatic carbocycles. The van der Waals surface area contributed by atoms with Gasteiger partial charge in [-0.25, -0.2) is 4.79 Å². The molecule has 0 aromatic heterocycles. The van der Waals surface area contributed by atoms with E-state index in [1.807, 2.05) is 42.2 Å². The Bertz CT molecular complexity index is 1550. The largest absolute Gasteiger partial charge is 0.465 e. The van der Waals surface area contributed by atoms with Crippen LogP contribution >= 0.6 is 0 Å². The predicted molar refractivity (Wildman–Crippen MR) is 159 cm³/mol. The third-order valence-electron chi connectivity index (χ3n) is 8.13. The molecule has 8 nitrogen and oxygen atoms in total. The molecule has 3 aliphatic rings. The maximum Gasteiger partial charge on any atom is 0.337 e. The van der Waals surface area contributed by atoms with Crippen molar-refractivity contribution in [2.75, 3.05) is 37.4 Å². The lowest BCUT2D eigenvalue weighted by Gasteiger charge is -2.27. The number of methoxy groups -OCH3 is 1. The molecule has 0 spiro atoms. The number of hydrogen-bond acceptors (Lipinski definition) is 6. The molecule has 3 aromatic rings. The van der Waals surface area contributed by atoms with Gasteiger partial charge in [-0.15, -0.1) is 0 Å². The number of esters is 1. The number of hydrogen-bond donors (Lipinski definition) is 2. The van der Waals surface area contributed by atoms with E-state index in [1.165, 1.54) is 13.5 Å². The van der Waals surface area contributed by atoms with E-state index in [0.29, 0.717) is 47.7 Å². The van der Waals surface area contributed by atoms with E-state index in [9.17, 15) is 14.4 Å². The summed E-state index contributed by atoms with van der Waals surface area (Å²) in [6.07, 6.45) is 3.57. The number of nitrogens with zero attached hydrogens (tertiary/aromatic N) is 2. The summed E-state index contributed by atoms with van der Waals surface area (Å²) < 4.78 is 4.85. The monoisotopic (exact) mass is 550 g/mol. The number of carbonyl (C=O) groups excluding carboxylic acids is 3. The second-order valence-corrected chi connectivity index (χ2v) is 11.0. The normalized spacial score (nSPS) is 17.5. The number of ether oxygens (including phenoxy) is 1. The van der Waals surface area contributed by atoms with Crippen molar-refractivity contribution in [3.63, 3.8) is 0 Å². The first-order valence-electron chi connectivity index (χ1n) is 14.1. The van der Waals surface area contributed by atoms with Gasteiger partial charge in [0.05, 0.1) is 36.2 Å². The van der Waals surface area contributed by atoms with Gasteiger partial charge in [0.2, 0.25) is 5.91 Å². The molecule has 0 bridgehead atoms. The van der Waals surface area contributed by atoms with Crippen LogP contribution in [0.3, 0.4) is 0 Å². The maximum absolute atomic E-state index is 13.3. The third kappa shape index (κ3) is 5.47. The fourth-order valence-corrected chi connectivity index (χ4v) is 5.87. The van der Waals surface area contributed by atoms with Crippen LogP contribution in [0.15, 0.2) is 60.7 Å². The third-order valence-corrected chi connectivity index (χ3v) is 8.13. The van der Waals surface area contributed by atoms with Gasteiger partial charge in [0.15, 0.2) is 0 Å². The molecule has 1 fully saturated rings. The molecule has 0 unspecified atom stereocenters. The van der Waals surface area contributed by atoms with E-state index >= 15 is 0 Å². The molecule has 1 saturated heterocycles. The number of likely N-dealkylation sites (tertiary alicyclic amines) is 1. The predicted octanol–water partition coefficient (Wildman–Crippen LogP) is 5.04. The molecule has 210 valence electrons. The van der Waals surface area contributed by atoms with Crippen molar-refractivity contribution in [2.24, 2.45) is 0 Å². The summed E-state index contributed by atoms with van der Waals surface area (Å²) in [5.41, 5.74) is 7.88. The van der Waals surface area contributed by atoms with Crippen molar-refractivity contribution in [1.82, 2.24) is 9.80 Å². The summed E-state index contributed by atoms with van der Waals surface area (Å²) in [6, 6.07) is 19.2. The Morgan fingerprint density at radius 3 is 2.39 bits per heavy atom. The van der Waals surface area contributed by atoms with Crippen LogP contribution in [-0.4, -0.2) is 54.3 Å². The van der Waals surface area contributed by atoms with Crippen molar-refractivity contribution in [3.8, 4) is 0 Å². The second kappa shape index (κ2) is 11.2. The number of rotatable bonds is 6. The topological polar surface area (TPSA) is 91.0 Å². The molecule has 0 aliphatic carbocycles. The second-order valence-electron chi connectivity index (χ2n) is 11.0. The van der Waals surface area contributed by atoms with E-state index in [0.717, 1.165) is 53.9 Å². The minimum Gasteiger partial charge on any atom is -0.465 e. The van der Waals surface area contributed by atoms with Crippen LogP contribution in [0.4, 0.5) is 11.4 Å². The first-order chi connectivity index (χ1) is 19.9. The van der Waals surface area contributed by atoms with E-state index in [1.54, 1.807) is 18.2 Å². The fraction of sp³-hybridized carbons (Fsp3) is 0.303. The summed E-state index contributed by atoms with van der Waals surface area (Å²) >= 11 is 0. The molecular weight excluding hydrogens is 516 g/mol. The molecule has 8 heteroatoms. The van der Waals surface area contributed by atoms with Crippen LogP contribution in [0.5, 0.6) is 0 Å². The lowest BCUT2D eigenvalue weighted by Crippen LogP contribution is -2.40. The van der Waals surface area contributed by atoms with Gasteiger partial charge in [-0.2, -0.15) is 0 Å².